The van der Waals surface area contributed by atoms with Crippen LogP contribution in [-0.4, -0.2) is 23.9 Å². The van der Waals surface area contributed by atoms with E-state index in [0.717, 1.165) is 19.4 Å². The van der Waals surface area contributed by atoms with E-state index in [1.54, 1.807) is 0 Å². The number of rotatable bonds is 3. The van der Waals surface area contributed by atoms with E-state index >= 15 is 0 Å². The third-order valence-electron chi connectivity index (χ3n) is 3.65. The Hall–Kier alpha value is -1.66. The Labute approximate surface area is 135 Å². The van der Waals surface area contributed by atoms with Gasteiger partial charge in [0.25, 0.3) is 0 Å². The zero-order chi connectivity index (χ0) is 15.5. The van der Waals surface area contributed by atoms with Crippen LogP contribution in [0.4, 0.5) is 15.8 Å². The van der Waals surface area contributed by atoms with Gasteiger partial charge >= 0.3 is 0 Å². The van der Waals surface area contributed by atoms with E-state index in [9.17, 15) is 14.0 Å². The molecule has 0 saturated carbocycles. The second-order valence-corrected chi connectivity index (χ2v) is 5.55. The summed E-state index contributed by atoms with van der Waals surface area (Å²) >= 11 is 0. The highest BCUT2D eigenvalue weighted by Crippen LogP contribution is 2.24. The van der Waals surface area contributed by atoms with Crippen LogP contribution in [0.5, 0.6) is 0 Å². The van der Waals surface area contributed by atoms with Crippen molar-refractivity contribution in [1.29, 1.82) is 0 Å². The molecular weight excluding hydrogens is 309 g/mol. The zero-order valence-corrected chi connectivity index (χ0v) is 13.5. The van der Waals surface area contributed by atoms with Gasteiger partial charge in [-0.3, -0.25) is 9.59 Å². The molecule has 22 heavy (non-hydrogen) atoms. The van der Waals surface area contributed by atoms with Gasteiger partial charge < -0.3 is 16.0 Å². The van der Waals surface area contributed by atoms with E-state index in [0.29, 0.717) is 12.1 Å². The average molecular weight is 330 g/mol. The predicted molar refractivity (Wildman–Crippen MR) is 86.8 cm³/mol. The summed E-state index contributed by atoms with van der Waals surface area (Å²) in [6.07, 6.45) is 2.71. The molecule has 1 heterocycles. The van der Waals surface area contributed by atoms with Crippen molar-refractivity contribution in [3.8, 4) is 0 Å². The van der Waals surface area contributed by atoms with Gasteiger partial charge in [0.1, 0.15) is 5.82 Å². The first-order chi connectivity index (χ1) is 9.90. The third-order valence-corrected chi connectivity index (χ3v) is 3.65. The zero-order valence-electron chi connectivity index (χ0n) is 12.7. The minimum absolute atomic E-state index is 0. The summed E-state index contributed by atoms with van der Waals surface area (Å²) in [4.78, 5) is 23.4. The second-order valence-electron chi connectivity index (χ2n) is 5.55. The standard InChI is InChI=1S/C15H20FN3O2.ClH/c1-10(20)18-11-5-6-12(16)13(9-11)19-14(21)15(2)7-3-4-8-17-15;/h5-6,9,17H,3-4,7-8H2,1-2H3,(H,18,20)(H,19,21);1H. The van der Waals surface area contributed by atoms with Gasteiger partial charge in [-0.1, -0.05) is 0 Å². The molecule has 1 aliphatic rings. The van der Waals surface area contributed by atoms with Crippen LogP contribution in [0.25, 0.3) is 0 Å². The average Bonchev–Trinajstić information content (AvgIpc) is 2.42. The van der Waals surface area contributed by atoms with Gasteiger partial charge in [0.05, 0.1) is 11.2 Å². The quantitative estimate of drug-likeness (QED) is 0.798. The van der Waals surface area contributed by atoms with Gasteiger partial charge in [-0.2, -0.15) is 0 Å². The molecule has 1 fully saturated rings. The Kier molecular flexibility index (Phi) is 6.32. The Morgan fingerprint density at radius 1 is 1.27 bits per heavy atom. The minimum Gasteiger partial charge on any atom is -0.326 e. The largest absolute Gasteiger partial charge is 0.326 e. The molecule has 2 amide bonds. The molecule has 0 bridgehead atoms. The summed E-state index contributed by atoms with van der Waals surface area (Å²) in [6.45, 7) is 3.96. The van der Waals surface area contributed by atoms with E-state index < -0.39 is 11.4 Å². The smallest absolute Gasteiger partial charge is 0.244 e. The summed E-state index contributed by atoms with van der Waals surface area (Å²) in [6, 6.07) is 4.09. The predicted octanol–water partition coefficient (Wildman–Crippen LogP) is 2.68. The monoisotopic (exact) mass is 329 g/mol. The molecule has 7 heteroatoms. The number of hydrogen-bond donors (Lipinski definition) is 3. The molecule has 1 saturated heterocycles. The highest BCUT2D eigenvalue weighted by Gasteiger charge is 2.34. The molecule has 1 aromatic rings. The Bertz CT molecular complexity index is 560. The normalized spacial score (nSPS) is 20.7. The first-order valence-electron chi connectivity index (χ1n) is 7.04. The SMILES string of the molecule is CC(=O)Nc1ccc(F)c(NC(=O)C2(C)CCCCN2)c1.Cl. The fourth-order valence-electron chi connectivity index (χ4n) is 2.41. The molecule has 0 aliphatic carbocycles. The first-order valence-corrected chi connectivity index (χ1v) is 7.04. The molecule has 0 radical (unpaired) electrons. The van der Waals surface area contributed by atoms with Crippen LogP contribution in [0.1, 0.15) is 33.1 Å². The molecule has 0 spiro atoms. The summed E-state index contributed by atoms with van der Waals surface area (Å²) in [7, 11) is 0. The van der Waals surface area contributed by atoms with Crippen LogP contribution < -0.4 is 16.0 Å². The molecule has 1 aromatic carbocycles. The van der Waals surface area contributed by atoms with E-state index in [2.05, 4.69) is 16.0 Å². The van der Waals surface area contributed by atoms with Crippen LogP contribution >= 0.6 is 12.4 Å². The van der Waals surface area contributed by atoms with E-state index in [-0.39, 0.29) is 29.9 Å². The number of halogens is 2. The van der Waals surface area contributed by atoms with Crippen LogP contribution in [0.15, 0.2) is 18.2 Å². The number of nitrogens with one attached hydrogen (secondary N) is 3. The molecule has 1 aliphatic heterocycles. The van der Waals surface area contributed by atoms with E-state index in [4.69, 9.17) is 0 Å². The van der Waals surface area contributed by atoms with Crippen molar-refractivity contribution in [1.82, 2.24) is 5.32 Å². The molecule has 2 rings (SSSR count). The maximum atomic E-state index is 13.8. The van der Waals surface area contributed by atoms with Crippen molar-refractivity contribution in [2.24, 2.45) is 0 Å². The molecular formula is C15H21ClFN3O2. The van der Waals surface area contributed by atoms with Gasteiger partial charge in [0, 0.05) is 12.6 Å². The van der Waals surface area contributed by atoms with Crippen LogP contribution in [0.3, 0.4) is 0 Å². The molecule has 5 nitrogen and oxygen atoms in total. The molecule has 1 atom stereocenters. The van der Waals surface area contributed by atoms with Crippen LogP contribution in [0.2, 0.25) is 0 Å². The fourth-order valence-corrected chi connectivity index (χ4v) is 2.41. The third kappa shape index (κ3) is 4.42. The highest BCUT2D eigenvalue weighted by atomic mass is 35.5. The number of anilines is 2. The maximum Gasteiger partial charge on any atom is 0.244 e. The topological polar surface area (TPSA) is 70.2 Å². The summed E-state index contributed by atoms with van der Waals surface area (Å²) in [5.41, 5.74) is -0.171. The van der Waals surface area contributed by atoms with Gasteiger partial charge in [0.15, 0.2) is 0 Å². The maximum absolute atomic E-state index is 13.8. The fraction of sp³-hybridized carbons (Fsp3) is 0.467. The van der Waals surface area contributed by atoms with Gasteiger partial charge in [-0.05, 0) is 50.9 Å². The number of carbonyl (C=O) groups is 2. The molecule has 3 N–H and O–H groups in total. The number of piperidine rings is 1. The molecule has 0 aromatic heterocycles. The van der Waals surface area contributed by atoms with E-state index in [1.165, 1.54) is 25.1 Å². The van der Waals surface area contributed by atoms with Crippen molar-refractivity contribution in [3.05, 3.63) is 24.0 Å². The Morgan fingerprint density at radius 2 is 2.00 bits per heavy atom. The van der Waals surface area contributed by atoms with Crippen molar-refractivity contribution in [2.75, 3.05) is 17.2 Å². The van der Waals surface area contributed by atoms with E-state index in [1.807, 2.05) is 6.92 Å². The van der Waals surface area contributed by atoms with Gasteiger partial charge in [-0.25, -0.2) is 4.39 Å². The summed E-state index contributed by atoms with van der Waals surface area (Å²) in [5.74, 6) is -1.04. The minimum atomic E-state index is -0.686. The van der Waals surface area contributed by atoms with Crippen LogP contribution in [0, 0.1) is 5.82 Å². The lowest BCUT2D eigenvalue weighted by atomic mass is 9.90. The Morgan fingerprint density at radius 3 is 2.59 bits per heavy atom. The van der Waals surface area contributed by atoms with Crippen molar-refractivity contribution < 1.29 is 14.0 Å². The second kappa shape index (κ2) is 7.56. The molecule has 1 unspecified atom stereocenters. The number of amides is 2. The lowest BCUT2D eigenvalue weighted by Crippen LogP contribution is -2.54. The molecule has 122 valence electrons. The Balaban J connectivity index is 0.00000242. The summed E-state index contributed by atoms with van der Waals surface area (Å²) in [5, 5.41) is 8.35. The van der Waals surface area contributed by atoms with Crippen molar-refractivity contribution in [2.45, 2.75) is 38.6 Å². The summed E-state index contributed by atoms with van der Waals surface area (Å²) < 4.78 is 13.8. The first kappa shape index (κ1) is 18.4. The number of benzene rings is 1. The number of carbonyl (C=O) groups excluding carboxylic acids is 2. The van der Waals surface area contributed by atoms with Crippen molar-refractivity contribution >= 4 is 35.6 Å². The van der Waals surface area contributed by atoms with Gasteiger partial charge in [0.2, 0.25) is 11.8 Å². The lowest BCUT2D eigenvalue weighted by Gasteiger charge is -2.33. The van der Waals surface area contributed by atoms with Crippen LogP contribution in [-0.2, 0) is 9.59 Å². The highest BCUT2D eigenvalue weighted by molar-refractivity contribution is 5.99. The van der Waals surface area contributed by atoms with Crippen molar-refractivity contribution in [3.63, 3.8) is 0 Å². The van der Waals surface area contributed by atoms with Gasteiger partial charge in [-0.15, -0.1) is 12.4 Å². The number of hydrogen-bond acceptors (Lipinski definition) is 3. The lowest BCUT2D eigenvalue weighted by molar-refractivity contribution is -0.122.